The number of alkyl halides is 4. The van der Waals surface area contributed by atoms with Gasteiger partial charge < -0.3 is 14.7 Å². The minimum absolute atomic E-state index is 0.0540. The molecule has 0 spiro atoms. The van der Waals surface area contributed by atoms with E-state index in [2.05, 4.69) is 0 Å². The Hall–Kier alpha value is -2.81. The molecule has 2 unspecified atom stereocenters. The Bertz CT molecular complexity index is 1410. The van der Waals surface area contributed by atoms with Gasteiger partial charge in [0.25, 0.3) is 0 Å². The van der Waals surface area contributed by atoms with Crippen LogP contribution >= 0.6 is 23.2 Å². The van der Waals surface area contributed by atoms with Crippen LogP contribution < -0.4 is 9.64 Å². The standard InChI is InChI=1S/C29H25Cl2F4NO3/c1-16(17-6-4-3-5-7-17)26(37)36-15-21(39-22-12-19(30)11-20(31)13-22)9-8-18-10-24-23(14-25(18)36)27(2,32)28(24,38)29(33,34)35/h3-7,10-14,16,21,38H,8-9,15H2,1-2H3/t16-,21-,27?,28?/m0/s1. The van der Waals surface area contributed by atoms with Crippen molar-refractivity contribution in [2.45, 2.75) is 56.2 Å². The van der Waals surface area contributed by atoms with Gasteiger partial charge in [-0.25, -0.2) is 4.39 Å². The molecule has 1 N–H and O–H groups in total. The lowest BCUT2D eigenvalue weighted by Crippen LogP contribution is -2.62. The summed E-state index contributed by atoms with van der Waals surface area (Å²) in [5.74, 6) is -0.554. The number of aliphatic hydroxyl groups is 1. The second kappa shape index (κ2) is 9.68. The molecule has 0 aromatic heterocycles. The van der Waals surface area contributed by atoms with Crippen LogP contribution in [0, 0.1) is 0 Å². The third kappa shape index (κ3) is 4.56. The lowest BCUT2D eigenvalue weighted by molar-refractivity contribution is -0.328. The quantitative estimate of drug-likeness (QED) is 0.325. The second-order valence-corrected chi connectivity index (χ2v) is 11.1. The maximum absolute atomic E-state index is 15.5. The van der Waals surface area contributed by atoms with E-state index in [1.165, 1.54) is 17.0 Å². The number of ether oxygens (including phenoxy) is 1. The van der Waals surface area contributed by atoms with Crippen molar-refractivity contribution in [2.24, 2.45) is 0 Å². The lowest BCUT2D eigenvalue weighted by Gasteiger charge is -2.51. The molecule has 3 aromatic carbocycles. The smallest absolute Gasteiger partial charge is 0.425 e. The largest absolute Gasteiger partial charge is 0.488 e. The van der Waals surface area contributed by atoms with Gasteiger partial charge in [-0.05, 0) is 68.1 Å². The van der Waals surface area contributed by atoms with Crippen molar-refractivity contribution in [3.05, 3.63) is 93.0 Å². The summed E-state index contributed by atoms with van der Waals surface area (Å²) in [6, 6.07) is 16.2. The van der Waals surface area contributed by atoms with Crippen LogP contribution in [0.3, 0.4) is 0 Å². The van der Waals surface area contributed by atoms with Crippen molar-refractivity contribution in [1.82, 2.24) is 0 Å². The topological polar surface area (TPSA) is 49.8 Å². The molecule has 1 heterocycles. The number of halogens is 6. The molecule has 1 amide bonds. The van der Waals surface area contributed by atoms with Gasteiger partial charge in [0, 0.05) is 26.9 Å². The first-order valence-electron chi connectivity index (χ1n) is 12.4. The number of nitrogens with zero attached hydrogens (tertiary/aromatic N) is 1. The average molecular weight is 582 g/mol. The molecule has 1 aliphatic heterocycles. The molecule has 4 atom stereocenters. The zero-order valence-electron chi connectivity index (χ0n) is 21.0. The van der Waals surface area contributed by atoms with Gasteiger partial charge in [0.05, 0.1) is 12.5 Å². The first-order chi connectivity index (χ1) is 18.2. The van der Waals surface area contributed by atoms with Gasteiger partial charge in [-0.1, -0.05) is 53.5 Å². The summed E-state index contributed by atoms with van der Waals surface area (Å²) in [7, 11) is 0. The summed E-state index contributed by atoms with van der Waals surface area (Å²) in [6.07, 6.45) is -5.25. The van der Waals surface area contributed by atoms with E-state index in [1.807, 2.05) is 18.2 Å². The Kier molecular flexibility index (Phi) is 6.89. The Morgan fingerprint density at radius 2 is 1.72 bits per heavy atom. The SMILES string of the molecule is C[C@H](C(=O)N1C[C@@H](Oc2cc(Cl)cc(Cl)c2)CCc2cc3c(cc21)C(C)(F)C3(O)C(F)(F)F)c1ccccc1. The summed E-state index contributed by atoms with van der Waals surface area (Å²) in [5, 5.41) is 11.2. The van der Waals surface area contributed by atoms with Gasteiger partial charge >= 0.3 is 6.18 Å². The first kappa shape index (κ1) is 27.7. The lowest BCUT2D eigenvalue weighted by atomic mass is 9.61. The molecule has 0 fully saturated rings. The van der Waals surface area contributed by atoms with Crippen LogP contribution in [0.4, 0.5) is 23.2 Å². The van der Waals surface area contributed by atoms with Gasteiger partial charge in [-0.3, -0.25) is 4.79 Å². The van der Waals surface area contributed by atoms with Gasteiger partial charge in [0.1, 0.15) is 11.9 Å². The third-order valence-corrected chi connectivity index (χ3v) is 8.13. The van der Waals surface area contributed by atoms with Crippen molar-refractivity contribution in [3.8, 4) is 5.75 Å². The molecule has 39 heavy (non-hydrogen) atoms. The van der Waals surface area contributed by atoms with E-state index in [9.17, 15) is 23.1 Å². The molecule has 206 valence electrons. The van der Waals surface area contributed by atoms with Gasteiger partial charge in [0.2, 0.25) is 11.5 Å². The van der Waals surface area contributed by atoms with E-state index < -0.39 is 35.0 Å². The fourth-order valence-electron chi connectivity index (χ4n) is 5.50. The predicted molar refractivity (Wildman–Crippen MR) is 141 cm³/mol. The van der Waals surface area contributed by atoms with Crippen LogP contribution in [0.2, 0.25) is 10.0 Å². The minimum atomic E-state index is -5.22. The van der Waals surface area contributed by atoms with Crippen LogP contribution in [0.15, 0.2) is 60.7 Å². The molecule has 0 bridgehead atoms. The number of amides is 1. The molecule has 1 aliphatic carbocycles. The molecule has 3 aromatic rings. The number of anilines is 1. The highest BCUT2D eigenvalue weighted by Crippen LogP contribution is 2.63. The van der Waals surface area contributed by atoms with Crippen molar-refractivity contribution < 1.29 is 32.2 Å². The Morgan fingerprint density at radius 3 is 2.33 bits per heavy atom. The average Bonchev–Trinajstić information content (AvgIpc) is 3.05. The van der Waals surface area contributed by atoms with E-state index in [1.54, 1.807) is 37.3 Å². The van der Waals surface area contributed by atoms with Gasteiger partial charge in [0.15, 0.2) is 5.67 Å². The summed E-state index contributed by atoms with van der Waals surface area (Å²) in [4.78, 5) is 15.3. The number of fused-ring (bicyclic) bond motifs is 2. The van der Waals surface area contributed by atoms with Crippen LogP contribution in [0.25, 0.3) is 0 Å². The molecule has 0 saturated heterocycles. The molecule has 0 radical (unpaired) electrons. The van der Waals surface area contributed by atoms with Crippen molar-refractivity contribution in [2.75, 3.05) is 11.4 Å². The monoisotopic (exact) mass is 581 g/mol. The molecular weight excluding hydrogens is 557 g/mol. The Morgan fingerprint density at radius 1 is 1.08 bits per heavy atom. The normalized spacial score (nSPS) is 25.2. The summed E-state index contributed by atoms with van der Waals surface area (Å²) < 4.78 is 63.2. The Balaban J connectivity index is 1.58. The van der Waals surface area contributed by atoms with Crippen LogP contribution in [0.1, 0.15) is 48.4 Å². The maximum atomic E-state index is 15.5. The molecule has 5 rings (SSSR count). The molecule has 4 nitrogen and oxygen atoms in total. The summed E-state index contributed by atoms with van der Waals surface area (Å²) in [6.45, 7) is 2.50. The van der Waals surface area contributed by atoms with Gasteiger partial charge in [-0.2, -0.15) is 13.2 Å². The third-order valence-electron chi connectivity index (χ3n) is 7.69. The highest BCUT2D eigenvalue weighted by Gasteiger charge is 2.74. The fraction of sp³-hybridized carbons (Fsp3) is 0.345. The van der Waals surface area contributed by atoms with Crippen molar-refractivity contribution in [3.63, 3.8) is 0 Å². The van der Waals surface area contributed by atoms with Crippen LogP contribution in [-0.4, -0.2) is 29.8 Å². The zero-order valence-corrected chi connectivity index (χ0v) is 22.5. The number of carbonyl (C=O) groups excluding carboxylic acids is 1. The van der Waals surface area contributed by atoms with Crippen LogP contribution in [-0.2, 0) is 22.5 Å². The number of hydrogen-bond donors (Lipinski definition) is 1. The predicted octanol–water partition coefficient (Wildman–Crippen LogP) is 7.47. The van der Waals surface area contributed by atoms with Crippen molar-refractivity contribution >= 4 is 34.8 Å². The fourth-order valence-corrected chi connectivity index (χ4v) is 6.00. The first-order valence-corrected chi connectivity index (χ1v) is 13.1. The van der Waals surface area contributed by atoms with E-state index in [0.717, 1.165) is 5.56 Å². The van der Waals surface area contributed by atoms with Gasteiger partial charge in [-0.15, -0.1) is 0 Å². The number of carbonyl (C=O) groups is 1. The summed E-state index contributed by atoms with van der Waals surface area (Å²) >= 11 is 12.2. The maximum Gasteiger partial charge on any atom is 0.425 e. The second-order valence-electron chi connectivity index (χ2n) is 10.2. The van der Waals surface area contributed by atoms with Crippen LogP contribution in [0.5, 0.6) is 5.75 Å². The molecular formula is C29H25Cl2F4NO3. The number of rotatable bonds is 4. The molecule has 0 saturated carbocycles. The Labute approximate surface area is 233 Å². The number of benzene rings is 3. The van der Waals surface area contributed by atoms with E-state index >= 15 is 4.39 Å². The number of aryl methyl sites for hydroxylation is 1. The van der Waals surface area contributed by atoms with Crippen molar-refractivity contribution in [1.29, 1.82) is 0 Å². The van der Waals surface area contributed by atoms with E-state index in [4.69, 9.17) is 27.9 Å². The zero-order chi connectivity index (χ0) is 28.3. The molecule has 2 aliphatic rings. The van der Waals surface area contributed by atoms with E-state index in [0.29, 0.717) is 40.4 Å². The van der Waals surface area contributed by atoms with E-state index in [-0.39, 0.29) is 24.4 Å². The summed E-state index contributed by atoms with van der Waals surface area (Å²) in [5.41, 5.74) is -6.14. The number of hydrogen-bond acceptors (Lipinski definition) is 3. The highest BCUT2D eigenvalue weighted by atomic mass is 35.5. The molecule has 10 heteroatoms. The minimum Gasteiger partial charge on any atom is -0.488 e. The highest BCUT2D eigenvalue weighted by molar-refractivity contribution is 6.34.